The van der Waals surface area contributed by atoms with Gasteiger partial charge < -0.3 is 15.9 Å². The molecular weight excluding hydrogens is 338 g/mol. The Morgan fingerprint density at radius 1 is 0.615 bits per heavy atom. The number of carbonyl (C=O) groups excluding carboxylic acids is 2. The van der Waals surface area contributed by atoms with Gasteiger partial charge >= 0.3 is 11.9 Å². The van der Waals surface area contributed by atoms with Crippen molar-refractivity contribution in [3.63, 3.8) is 0 Å². The van der Waals surface area contributed by atoms with E-state index in [1.165, 1.54) is 0 Å². The van der Waals surface area contributed by atoms with Gasteiger partial charge in [0.2, 0.25) is 0 Å². The van der Waals surface area contributed by atoms with Gasteiger partial charge in [-0.15, -0.1) is 0 Å². The van der Waals surface area contributed by atoms with Gasteiger partial charge in [-0.1, -0.05) is 51.4 Å². The van der Waals surface area contributed by atoms with Gasteiger partial charge in [-0.25, -0.2) is 0 Å². The third-order valence-corrected chi connectivity index (χ3v) is 4.36. The first-order valence-electron chi connectivity index (χ1n) is 9.60. The van der Waals surface area contributed by atoms with E-state index < -0.39 is 29.5 Å². The summed E-state index contributed by atoms with van der Waals surface area (Å²) < 4.78 is 0. The molecule has 0 aromatic rings. The predicted octanol–water partition coefficient (Wildman–Crippen LogP) is 3.08. The van der Waals surface area contributed by atoms with Crippen molar-refractivity contribution in [2.24, 2.45) is 5.73 Å². The fraction of sp³-hybridized carbons (Fsp3) is 0.789. The topological polar surface area (TPSA) is 135 Å². The SMILES string of the molecule is N[C@@H](CCC(=O)C(=O)CCCCCCCCCCCCC(=O)O)C(=O)O. The summed E-state index contributed by atoms with van der Waals surface area (Å²) >= 11 is 0. The van der Waals surface area contributed by atoms with Gasteiger partial charge in [0, 0.05) is 19.3 Å². The van der Waals surface area contributed by atoms with Crippen LogP contribution in [0, 0.1) is 0 Å². The highest BCUT2D eigenvalue weighted by atomic mass is 16.4. The Kier molecular flexibility index (Phi) is 14.4. The van der Waals surface area contributed by atoms with Crippen LogP contribution in [-0.2, 0) is 19.2 Å². The molecule has 0 aromatic carbocycles. The fourth-order valence-corrected chi connectivity index (χ4v) is 2.66. The molecule has 1 atom stereocenters. The van der Waals surface area contributed by atoms with Gasteiger partial charge in [0.15, 0.2) is 11.6 Å². The van der Waals surface area contributed by atoms with Crippen molar-refractivity contribution < 1.29 is 29.4 Å². The maximum atomic E-state index is 11.7. The standard InChI is InChI=1S/C19H33NO6/c20-15(19(25)26)13-14-17(22)16(21)11-9-7-5-3-1-2-4-6-8-10-12-18(23)24/h15H,1-14,20H2,(H,23,24)(H,25,26)/t15-/m0/s1. The van der Waals surface area contributed by atoms with E-state index in [0.717, 1.165) is 57.8 Å². The highest BCUT2D eigenvalue weighted by Crippen LogP contribution is 2.12. The maximum Gasteiger partial charge on any atom is 0.320 e. The van der Waals surface area contributed by atoms with Crippen molar-refractivity contribution in [2.75, 3.05) is 0 Å². The molecule has 0 heterocycles. The molecule has 0 saturated heterocycles. The first kappa shape index (κ1) is 24.2. The van der Waals surface area contributed by atoms with Crippen LogP contribution in [0.15, 0.2) is 0 Å². The monoisotopic (exact) mass is 371 g/mol. The summed E-state index contributed by atoms with van der Waals surface area (Å²) in [6.45, 7) is 0. The number of hydrogen-bond acceptors (Lipinski definition) is 5. The van der Waals surface area contributed by atoms with Crippen LogP contribution >= 0.6 is 0 Å². The lowest BCUT2D eigenvalue weighted by atomic mass is 10.0. The number of nitrogens with two attached hydrogens (primary N) is 1. The van der Waals surface area contributed by atoms with E-state index in [0.29, 0.717) is 6.42 Å². The summed E-state index contributed by atoms with van der Waals surface area (Å²) in [6, 6.07) is -1.09. The van der Waals surface area contributed by atoms with Crippen LogP contribution in [0.1, 0.15) is 89.9 Å². The average Bonchev–Trinajstić information content (AvgIpc) is 2.59. The zero-order valence-corrected chi connectivity index (χ0v) is 15.6. The zero-order chi connectivity index (χ0) is 19.8. The molecule has 0 spiro atoms. The van der Waals surface area contributed by atoms with Gasteiger partial charge in [0.05, 0.1) is 0 Å². The largest absolute Gasteiger partial charge is 0.481 e. The first-order chi connectivity index (χ1) is 12.3. The van der Waals surface area contributed by atoms with Crippen LogP contribution in [0.3, 0.4) is 0 Å². The minimum atomic E-state index is -1.16. The lowest BCUT2D eigenvalue weighted by Gasteiger charge is -2.05. The van der Waals surface area contributed by atoms with E-state index in [1.54, 1.807) is 0 Å². The summed E-state index contributed by atoms with van der Waals surface area (Å²) in [5.41, 5.74) is 5.30. The van der Waals surface area contributed by atoms with Crippen molar-refractivity contribution in [2.45, 2.75) is 95.9 Å². The predicted molar refractivity (Wildman–Crippen MR) is 97.9 cm³/mol. The van der Waals surface area contributed by atoms with Crippen LogP contribution in [0.4, 0.5) is 0 Å². The third-order valence-electron chi connectivity index (χ3n) is 4.36. The molecule has 0 fully saturated rings. The quantitative estimate of drug-likeness (QED) is 0.249. The minimum absolute atomic E-state index is 0.00376. The van der Waals surface area contributed by atoms with Crippen LogP contribution in [0.2, 0.25) is 0 Å². The van der Waals surface area contributed by atoms with E-state index in [-0.39, 0.29) is 25.7 Å². The van der Waals surface area contributed by atoms with Crippen molar-refractivity contribution in [3.8, 4) is 0 Å². The third kappa shape index (κ3) is 14.6. The number of carboxylic acid groups (broad SMARTS) is 2. The Labute approximate surface area is 155 Å². The lowest BCUT2D eigenvalue weighted by Crippen LogP contribution is -2.31. The lowest BCUT2D eigenvalue weighted by molar-refractivity contribution is -0.140. The summed E-state index contributed by atoms with van der Waals surface area (Å²) in [7, 11) is 0. The second-order valence-electron chi connectivity index (χ2n) is 6.76. The number of Topliss-reactive ketones (excluding diaryl/α,β-unsaturated/α-hetero) is 2. The highest BCUT2D eigenvalue weighted by Gasteiger charge is 2.17. The molecule has 150 valence electrons. The second-order valence-corrected chi connectivity index (χ2v) is 6.76. The molecule has 0 saturated carbocycles. The zero-order valence-electron chi connectivity index (χ0n) is 15.6. The van der Waals surface area contributed by atoms with Gasteiger partial charge in [-0.2, -0.15) is 0 Å². The van der Waals surface area contributed by atoms with Crippen LogP contribution in [0.25, 0.3) is 0 Å². The summed E-state index contributed by atoms with van der Waals surface area (Å²) in [4.78, 5) is 44.1. The van der Waals surface area contributed by atoms with Crippen molar-refractivity contribution in [1.82, 2.24) is 0 Å². The second kappa shape index (κ2) is 15.5. The summed E-state index contributed by atoms with van der Waals surface area (Å²) in [5.74, 6) is -2.84. The van der Waals surface area contributed by atoms with E-state index in [1.807, 2.05) is 0 Å². The molecule has 4 N–H and O–H groups in total. The molecule has 0 aromatic heterocycles. The molecule has 0 rings (SSSR count). The van der Waals surface area contributed by atoms with Gasteiger partial charge in [0.1, 0.15) is 6.04 Å². The van der Waals surface area contributed by atoms with Crippen LogP contribution in [0.5, 0.6) is 0 Å². The number of hydrogen-bond donors (Lipinski definition) is 3. The minimum Gasteiger partial charge on any atom is -0.481 e. The molecule has 7 nitrogen and oxygen atoms in total. The molecule has 0 aliphatic carbocycles. The van der Waals surface area contributed by atoms with E-state index in [9.17, 15) is 19.2 Å². The Morgan fingerprint density at radius 3 is 1.42 bits per heavy atom. The molecule has 0 aliphatic heterocycles. The Balaban J connectivity index is 3.43. The average molecular weight is 371 g/mol. The van der Waals surface area contributed by atoms with Crippen molar-refractivity contribution in [3.05, 3.63) is 0 Å². The van der Waals surface area contributed by atoms with Crippen LogP contribution < -0.4 is 5.73 Å². The Hall–Kier alpha value is -1.76. The first-order valence-corrected chi connectivity index (χ1v) is 9.60. The smallest absolute Gasteiger partial charge is 0.320 e. The highest BCUT2D eigenvalue weighted by molar-refractivity contribution is 6.37. The summed E-state index contributed by atoms with van der Waals surface area (Å²) in [6.07, 6.45) is 10.3. The number of carboxylic acids is 2. The van der Waals surface area contributed by atoms with Gasteiger partial charge in [0.25, 0.3) is 0 Å². The maximum absolute atomic E-state index is 11.7. The number of rotatable bonds is 18. The normalized spacial score (nSPS) is 11.9. The molecule has 0 radical (unpaired) electrons. The van der Waals surface area contributed by atoms with E-state index >= 15 is 0 Å². The van der Waals surface area contributed by atoms with E-state index in [4.69, 9.17) is 15.9 Å². The van der Waals surface area contributed by atoms with E-state index in [2.05, 4.69) is 0 Å². The van der Waals surface area contributed by atoms with Gasteiger partial charge in [-0.05, 0) is 19.3 Å². The molecule has 0 unspecified atom stereocenters. The van der Waals surface area contributed by atoms with Crippen molar-refractivity contribution in [1.29, 1.82) is 0 Å². The van der Waals surface area contributed by atoms with Crippen molar-refractivity contribution >= 4 is 23.5 Å². The molecule has 26 heavy (non-hydrogen) atoms. The van der Waals surface area contributed by atoms with Crippen LogP contribution in [-0.4, -0.2) is 39.8 Å². The number of aliphatic carboxylic acids is 2. The molecule has 0 bridgehead atoms. The molecular formula is C19H33NO6. The summed E-state index contributed by atoms with van der Waals surface area (Å²) in [5, 5.41) is 17.2. The number of ketones is 2. The number of unbranched alkanes of at least 4 members (excludes halogenated alkanes) is 9. The molecule has 0 aliphatic rings. The Bertz CT molecular complexity index is 449. The molecule has 7 heteroatoms. The fourth-order valence-electron chi connectivity index (χ4n) is 2.66. The molecule has 0 amide bonds. The van der Waals surface area contributed by atoms with Gasteiger partial charge in [-0.3, -0.25) is 19.2 Å². The Morgan fingerprint density at radius 2 is 1.00 bits per heavy atom. The number of carbonyl (C=O) groups is 4.